The average molecular weight is 211 g/mol. The van der Waals surface area contributed by atoms with E-state index >= 15 is 0 Å². The number of carbonyl (C=O) groups is 1. The van der Waals surface area contributed by atoms with Crippen LogP contribution in [0.15, 0.2) is 0 Å². The second-order valence-electron chi connectivity index (χ2n) is 4.90. The van der Waals surface area contributed by atoms with Gasteiger partial charge < -0.3 is 0 Å². The molecule has 15 heavy (non-hydrogen) atoms. The van der Waals surface area contributed by atoms with Crippen LogP contribution in [0.4, 0.5) is 0 Å². The molecule has 2 fully saturated rings. The lowest BCUT2D eigenvalue weighted by Gasteiger charge is -2.33. The van der Waals surface area contributed by atoms with Gasteiger partial charge >= 0.3 is 0 Å². The molecule has 2 saturated carbocycles. The van der Waals surface area contributed by atoms with E-state index in [1.807, 2.05) is 0 Å². The van der Waals surface area contributed by atoms with Gasteiger partial charge in [-0.2, -0.15) is 0 Å². The van der Waals surface area contributed by atoms with Gasteiger partial charge in [-0.3, -0.25) is 14.9 Å². The monoisotopic (exact) mass is 211 g/mol. The standard InChI is InChI=1S/C11H17NO3/c13-10-5-4-9(8-10)11(12(14)15)6-2-1-3-7-11/h9H,1-8H2/t9-/m1/s1. The molecule has 1 atom stereocenters. The van der Waals surface area contributed by atoms with E-state index in [9.17, 15) is 14.9 Å². The molecule has 84 valence electrons. The fraction of sp³-hybridized carbons (Fsp3) is 0.909. The van der Waals surface area contributed by atoms with E-state index in [-0.39, 0.29) is 16.6 Å². The summed E-state index contributed by atoms with van der Waals surface area (Å²) in [6.45, 7) is 0. The third-order valence-electron chi connectivity index (χ3n) is 4.09. The van der Waals surface area contributed by atoms with Crippen LogP contribution in [0.1, 0.15) is 51.4 Å². The lowest BCUT2D eigenvalue weighted by molar-refractivity contribution is -0.585. The van der Waals surface area contributed by atoms with Gasteiger partial charge in [0.1, 0.15) is 5.78 Å². The van der Waals surface area contributed by atoms with Crippen molar-refractivity contribution >= 4 is 5.78 Å². The Balaban J connectivity index is 2.18. The Morgan fingerprint density at radius 3 is 2.40 bits per heavy atom. The molecule has 0 saturated heterocycles. The first kappa shape index (κ1) is 10.6. The molecular formula is C11H17NO3. The summed E-state index contributed by atoms with van der Waals surface area (Å²) >= 11 is 0. The van der Waals surface area contributed by atoms with Gasteiger partial charge in [0.2, 0.25) is 5.54 Å². The SMILES string of the molecule is O=C1CC[C@@H](C2([N+](=O)[O-])CCCCC2)C1. The van der Waals surface area contributed by atoms with Crippen molar-refractivity contribution in [2.75, 3.05) is 0 Å². The number of ketones is 1. The summed E-state index contributed by atoms with van der Waals surface area (Å²) in [5, 5.41) is 11.3. The van der Waals surface area contributed by atoms with Crippen LogP contribution in [-0.4, -0.2) is 16.2 Å². The fourth-order valence-corrected chi connectivity index (χ4v) is 3.18. The average Bonchev–Trinajstić information content (AvgIpc) is 2.66. The summed E-state index contributed by atoms with van der Waals surface area (Å²) in [7, 11) is 0. The van der Waals surface area contributed by atoms with Crippen molar-refractivity contribution in [1.82, 2.24) is 0 Å². The van der Waals surface area contributed by atoms with Crippen molar-refractivity contribution in [1.29, 1.82) is 0 Å². The van der Waals surface area contributed by atoms with Gasteiger partial charge in [0, 0.05) is 36.5 Å². The molecule has 0 heterocycles. The number of hydrogen-bond acceptors (Lipinski definition) is 3. The molecule has 4 nitrogen and oxygen atoms in total. The van der Waals surface area contributed by atoms with Gasteiger partial charge in [-0.15, -0.1) is 0 Å². The van der Waals surface area contributed by atoms with E-state index in [4.69, 9.17) is 0 Å². The smallest absolute Gasteiger partial charge is 0.225 e. The topological polar surface area (TPSA) is 60.2 Å². The van der Waals surface area contributed by atoms with Gasteiger partial charge in [-0.05, 0) is 19.3 Å². The molecule has 0 aromatic carbocycles. The Hall–Kier alpha value is -0.930. The predicted molar refractivity (Wildman–Crippen MR) is 55.2 cm³/mol. The first-order valence-electron chi connectivity index (χ1n) is 5.81. The highest BCUT2D eigenvalue weighted by Crippen LogP contribution is 2.43. The van der Waals surface area contributed by atoms with Crippen molar-refractivity contribution in [3.63, 3.8) is 0 Å². The van der Waals surface area contributed by atoms with E-state index in [0.717, 1.165) is 25.7 Å². The van der Waals surface area contributed by atoms with E-state index < -0.39 is 5.54 Å². The Morgan fingerprint density at radius 1 is 1.27 bits per heavy atom. The second kappa shape index (κ2) is 3.91. The molecule has 0 unspecified atom stereocenters. The van der Waals surface area contributed by atoms with Crippen LogP contribution in [-0.2, 0) is 4.79 Å². The molecule has 2 aliphatic carbocycles. The second-order valence-corrected chi connectivity index (χ2v) is 4.90. The molecule has 0 aliphatic heterocycles. The summed E-state index contributed by atoms with van der Waals surface area (Å²) in [6, 6.07) is 0. The number of Topliss-reactive ketones (excluding diaryl/α,β-unsaturated/α-hetero) is 1. The van der Waals surface area contributed by atoms with Gasteiger partial charge in [0.25, 0.3) is 0 Å². The lowest BCUT2D eigenvalue weighted by Crippen LogP contribution is -2.46. The van der Waals surface area contributed by atoms with Gasteiger partial charge in [-0.25, -0.2) is 0 Å². The number of nitro groups is 1. The van der Waals surface area contributed by atoms with Crippen molar-refractivity contribution in [2.24, 2.45) is 5.92 Å². The molecule has 2 aliphatic rings. The summed E-state index contributed by atoms with van der Waals surface area (Å²) in [4.78, 5) is 22.4. The molecule has 0 aromatic rings. The van der Waals surface area contributed by atoms with E-state index in [1.54, 1.807) is 0 Å². The molecular weight excluding hydrogens is 194 g/mol. The van der Waals surface area contributed by atoms with Crippen LogP contribution in [0.25, 0.3) is 0 Å². The van der Waals surface area contributed by atoms with Gasteiger partial charge in [-0.1, -0.05) is 6.42 Å². The summed E-state index contributed by atoms with van der Waals surface area (Å²) in [5.41, 5.74) is -0.760. The Kier molecular flexibility index (Phi) is 2.76. The maximum Gasteiger partial charge on any atom is 0.225 e. The highest BCUT2D eigenvalue weighted by Gasteiger charge is 2.52. The van der Waals surface area contributed by atoms with Crippen molar-refractivity contribution < 1.29 is 9.72 Å². The van der Waals surface area contributed by atoms with Crippen molar-refractivity contribution in [3.05, 3.63) is 10.1 Å². The maximum atomic E-state index is 11.3. The zero-order valence-electron chi connectivity index (χ0n) is 8.91. The largest absolute Gasteiger partial charge is 0.300 e. The van der Waals surface area contributed by atoms with Gasteiger partial charge in [0.15, 0.2) is 0 Å². The third kappa shape index (κ3) is 1.77. The molecule has 0 N–H and O–H groups in total. The summed E-state index contributed by atoms with van der Waals surface area (Å²) < 4.78 is 0. The molecule has 0 spiro atoms. The molecule has 0 aromatic heterocycles. The first-order valence-corrected chi connectivity index (χ1v) is 5.81. The number of hydrogen-bond donors (Lipinski definition) is 0. The lowest BCUT2D eigenvalue weighted by atomic mass is 9.72. The summed E-state index contributed by atoms with van der Waals surface area (Å²) in [5.74, 6) is 0.229. The normalized spacial score (nSPS) is 30.4. The summed E-state index contributed by atoms with van der Waals surface area (Å²) in [6.07, 6.45) is 6.10. The Labute approximate surface area is 89.2 Å². The first-order chi connectivity index (χ1) is 7.15. The van der Waals surface area contributed by atoms with Crippen molar-refractivity contribution in [3.8, 4) is 0 Å². The highest BCUT2D eigenvalue weighted by molar-refractivity contribution is 5.80. The van der Waals surface area contributed by atoms with Crippen LogP contribution < -0.4 is 0 Å². The Bertz CT molecular complexity index is 282. The molecule has 0 bridgehead atoms. The Morgan fingerprint density at radius 2 is 1.93 bits per heavy atom. The quantitative estimate of drug-likeness (QED) is 0.520. The van der Waals surface area contributed by atoms with Crippen LogP contribution in [0.2, 0.25) is 0 Å². The molecule has 0 radical (unpaired) electrons. The molecule has 2 rings (SSSR count). The number of rotatable bonds is 2. The van der Waals surface area contributed by atoms with Crippen LogP contribution in [0.3, 0.4) is 0 Å². The van der Waals surface area contributed by atoms with E-state index in [2.05, 4.69) is 0 Å². The van der Waals surface area contributed by atoms with E-state index in [1.165, 1.54) is 0 Å². The van der Waals surface area contributed by atoms with Gasteiger partial charge in [0.05, 0.1) is 0 Å². The maximum absolute atomic E-state index is 11.3. The van der Waals surface area contributed by atoms with Crippen LogP contribution in [0.5, 0.6) is 0 Å². The number of carbonyl (C=O) groups excluding carboxylic acids is 1. The van der Waals surface area contributed by atoms with Crippen LogP contribution >= 0.6 is 0 Å². The minimum absolute atomic E-state index is 0.0142. The van der Waals surface area contributed by atoms with Crippen molar-refractivity contribution in [2.45, 2.75) is 56.9 Å². The zero-order chi connectivity index (χ0) is 10.9. The minimum Gasteiger partial charge on any atom is -0.300 e. The fourth-order valence-electron chi connectivity index (χ4n) is 3.18. The zero-order valence-corrected chi connectivity index (χ0v) is 8.91. The molecule has 0 amide bonds. The van der Waals surface area contributed by atoms with E-state index in [0.29, 0.717) is 25.7 Å². The third-order valence-corrected chi connectivity index (χ3v) is 4.09. The molecule has 4 heteroatoms. The highest BCUT2D eigenvalue weighted by atomic mass is 16.6. The number of nitrogens with zero attached hydrogens (tertiary/aromatic N) is 1. The van der Waals surface area contributed by atoms with Crippen LogP contribution in [0, 0.1) is 16.0 Å². The predicted octanol–water partition coefficient (Wildman–Crippen LogP) is 2.34. The minimum atomic E-state index is -0.760.